The lowest BCUT2D eigenvalue weighted by Crippen LogP contribution is -2.65. The number of esters is 1. The highest BCUT2D eigenvalue weighted by molar-refractivity contribution is 5.69. The summed E-state index contributed by atoms with van der Waals surface area (Å²) in [6.45, 7) is 19.8. The molecule has 1 atom stereocenters. The van der Waals surface area contributed by atoms with E-state index in [4.69, 9.17) is 9.47 Å². The van der Waals surface area contributed by atoms with E-state index in [-0.39, 0.29) is 23.5 Å². The smallest absolute Gasteiger partial charge is 0.309 e. The van der Waals surface area contributed by atoms with Gasteiger partial charge in [-0.25, -0.2) is 4.90 Å². The Morgan fingerprint density at radius 1 is 1.05 bits per heavy atom. The average molecular weight is 313 g/mol. The molecule has 1 heterocycles. The van der Waals surface area contributed by atoms with Gasteiger partial charge in [0.05, 0.1) is 12.1 Å². The number of carbonyl (C=O) groups excluding carboxylic acids is 1. The molecule has 4 heteroatoms. The molecule has 0 saturated carbocycles. The fourth-order valence-electron chi connectivity index (χ4n) is 3.92. The lowest BCUT2D eigenvalue weighted by molar-refractivity contribution is -0.298. The fourth-order valence-corrected chi connectivity index (χ4v) is 3.92. The maximum atomic E-state index is 12.1. The molecule has 0 aromatic heterocycles. The summed E-state index contributed by atoms with van der Waals surface area (Å²) in [7, 11) is 0. The Labute approximate surface area is 136 Å². The van der Waals surface area contributed by atoms with Gasteiger partial charge in [-0.3, -0.25) is 4.79 Å². The van der Waals surface area contributed by atoms with Gasteiger partial charge in [-0.15, -0.1) is 0 Å². The third-order valence-electron chi connectivity index (χ3n) is 5.09. The molecule has 1 unspecified atom stereocenters. The van der Waals surface area contributed by atoms with Crippen LogP contribution in [0.2, 0.25) is 0 Å². The Hall–Kier alpha value is -0.610. The van der Waals surface area contributed by atoms with Gasteiger partial charge in [0.1, 0.15) is 0 Å². The van der Waals surface area contributed by atoms with Crippen LogP contribution in [0, 0.1) is 17.8 Å². The zero-order chi connectivity index (χ0) is 17.3. The van der Waals surface area contributed by atoms with Gasteiger partial charge in [-0.05, 0) is 25.7 Å². The van der Waals surface area contributed by atoms with Crippen LogP contribution < -0.4 is 0 Å². The molecule has 4 nitrogen and oxygen atoms in total. The summed E-state index contributed by atoms with van der Waals surface area (Å²) < 4.78 is 12.2. The number of hydrogen-bond donors (Lipinski definition) is 0. The van der Waals surface area contributed by atoms with Crippen molar-refractivity contribution >= 4 is 5.97 Å². The SMILES string of the molecule is CCC(=O)OC1(C(C)C)OCC(C(C)C)(C(C)C)N1C(C)C. The third kappa shape index (κ3) is 2.92. The Balaban J connectivity index is 3.43. The van der Waals surface area contributed by atoms with Crippen LogP contribution in [0.15, 0.2) is 0 Å². The van der Waals surface area contributed by atoms with Gasteiger partial charge >= 0.3 is 5.97 Å². The van der Waals surface area contributed by atoms with E-state index in [2.05, 4.69) is 60.3 Å². The van der Waals surface area contributed by atoms with Crippen LogP contribution >= 0.6 is 0 Å². The highest BCUT2D eigenvalue weighted by atomic mass is 16.7. The number of nitrogens with zero attached hydrogens (tertiary/aromatic N) is 1. The summed E-state index contributed by atoms with van der Waals surface area (Å²) in [5.74, 6) is -0.311. The van der Waals surface area contributed by atoms with Gasteiger partial charge in [-0.2, -0.15) is 0 Å². The van der Waals surface area contributed by atoms with Crippen molar-refractivity contribution in [3.05, 3.63) is 0 Å². The van der Waals surface area contributed by atoms with Crippen LogP contribution in [0.5, 0.6) is 0 Å². The van der Waals surface area contributed by atoms with Gasteiger partial charge in [0.25, 0.3) is 5.91 Å². The first-order valence-corrected chi connectivity index (χ1v) is 8.71. The zero-order valence-corrected chi connectivity index (χ0v) is 15.9. The molecule has 1 aliphatic rings. The maximum Gasteiger partial charge on any atom is 0.309 e. The Bertz CT molecular complexity index is 382. The normalized spacial score (nSPS) is 25.7. The molecule has 1 fully saturated rings. The van der Waals surface area contributed by atoms with Gasteiger partial charge in [-0.1, -0.05) is 48.5 Å². The molecule has 0 aromatic carbocycles. The van der Waals surface area contributed by atoms with E-state index >= 15 is 0 Å². The molecular weight excluding hydrogens is 278 g/mol. The van der Waals surface area contributed by atoms with Gasteiger partial charge in [0.15, 0.2) is 0 Å². The van der Waals surface area contributed by atoms with Gasteiger partial charge in [0, 0.05) is 18.4 Å². The zero-order valence-electron chi connectivity index (χ0n) is 15.9. The second kappa shape index (κ2) is 6.88. The first kappa shape index (κ1) is 19.4. The molecule has 0 N–H and O–H groups in total. The van der Waals surface area contributed by atoms with Crippen LogP contribution in [0.1, 0.15) is 68.7 Å². The Kier molecular flexibility index (Phi) is 6.07. The molecule has 1 aliphatic heterocycles. The molecule has 0 aromatic rings. The predicted octanol–water partition coefficient (Wildman–Crippen LogP) is 4.04. The minimum Gasteiger partial charge on any atom is -0.418 e. The molecule has 0 spiro atoms. The summed E-state index contributed by atoms with van der Waals surface area (Å²) in [5.41, 5.74) is -0.132. The van der Waals surface area contributed by atoms with E-state index in [0.29, 0.717) is 24.9 Å². The second-order valence-corrected chi connectivity index (χ2v) is 7.67. The average Bonchev–Trinajstić information content (AvgIpc) is 2.76. The van der Waals surface area contributed by atoms with Crippen molar-refractivity contribution in [3.8, 4) is 0 Å². The van der Waals surface area contributed by atoms with Crippen molar-refractivity contribution in [1.82, 2.24) is 4.90 Å². The summed E-state index contributed by atoms with van der Waals surface area (Å²) in [5, 5.41) is 0. The predicted molar refractivity (Wildman–Crippen MR) is 89.3 cm³/mol. The fraction of sp³-hybridized carbons (Fsp3) is 0.944. The maximum absolute atomic E-state index is 12.1. The van der Waals surface area contributed by atoms with Crippen molar-refractivity contribution in [2.75, 3.05) is 6.61 Å². The second-order valence-electron chi connectivity index (χ2n) is 7.67. The molecule has 130 valence electrons. The summed E-state index contributed by atoms with van der Waals surface area (Å²) >= 11 is 0. The van der Waals surface area contributed by atoms with E-state index in [9.17, 15) is 4.79 Å². The highest BCUT2D eigenvalue weighted by Gasteiger charge is 2.63. The van der Waals surface area contributed by atoms with E-state index in [1.165, 1.54) is 0 Å². The van der Waals surface area contributed by atoms with Crippen molar-refractivity contribution in [3.63, 3.8) is 0 Å². The van der Waals surface area contributed by atoms with Crippen molar-refractivity contribution in [2.24, 2.45) is 17.8 Å². The number of hydrogen-bond acceptors (Lipinski definition) is 4. The van der Waals surface area contributed by atoms with Crippen LogP contribution in [0.25, 0.3) is 0 Å². The topological polar surface area (TPSA) is 38.8 Å². The van der Waals surface area contributed by atoms with Crippen LogP contribution in [0.4, 0.5) is 0 Å². The first-order valence-electron chi connectivity index (χ1n) is 8.71. The molecule has 0 bridgehead atoms. The van der Waals surface area contributed by atoms with Crippen molar-refractivity contribution in [2.45, 2.75) is 86.2 Å². The van der Waals surface area contributed by atoms with Crippen molar-refractivity contribution < 1.29 is 14.3 Å². The summed E-state index contributed by atoms with van der Waals surface area (Å²) in [6, 6.07) is 0.222. The number of ether oxygens (including phenoxy) is 2. The summed E-state index contributed by atoms with van der Waals surface area (Å²) in [4.78, 5) is 14.4. The lowest BCUT2D eigenvalue weighted by Gasteiger charge is -2.51. The molecular formula is C18H35NO3. The molecule has 0 amide bonds. The first-order chi connectivity index (χ1) is 10.1. The third-order valence-corrected chi connectivity index (χ3v) is 5.09. The highest BCUT2D eigenvalue weighted by Crippen LogP contribution is 2.49. The minimum atomic E-state index is -0.962. The minimum absolute atomic E-state index is 0.0600. The molecule has 1 rings (SSSR count). The van der Waals surface area contributed by atoms with Gasteiger partial charge < -0.3 is 9.47 Å². The monoisotopic (exact) mass is 313 g/mol. The van der Waals surface area contributed by atoms with E-state index < -0.39 is 5.91 Å². The van der Waals surface area contributed by atoms with Crippen molar-refractivity contribution in [1.29, 1.82) is 0 Å². The largest absolute Gasteiger partial charge is 0.418 e. The molecule has 0 radical (unpaired) electrons. The van der Waals surface area contributed by atoms with Gasteiger partial charge in [0.2, 0.25) is 0 Å². The Morgan fingerprint density at radius 3 is 1.86 bits per heavy atom. The Morgan fingerprint density at radius 2 is 1.55 bits per heavy atom. The summed E-state index contributed by atoms with van der Waals surface area (Å²) in [6.07, 6.45) is 0.361. The molecule has 1 saturated heterocycles. The van der Waals surface area contributed by atoms with Crippen LogP contribution in [0.3, 0.4) is 0 Å². The molecule has 22 heavy (non-hydrogen) atoms. The molecule has 0 aliphatic carbocycles. The quantitative estimate of drug-likeness (QED) is 0.694. The van der Waals surface area contributed by atoms with E-state index in [1.807, 2.05) is 6.92 Å². The number of carbonyl (C=O) groups is 1. The standard InChI is InChI=1S/C18H35NO3/c1-10-16(20)22-18(14(6)7)19(15(8)9)17(11-21-18,12(2)3)13(4)5/h12-15H,10-11H2,1-9H3. The van der Waals surface area contributed by atoms with Crippen LogP contribution in [-0.4, -0.2) is 35.0 Å². The van der Waals surface area contributed by atoms with Crippen LogP contribution in [-0.2, 0) is 14.3 Å². The van der Waals surface area contributed by atoms with E-state index in [0.717, 1.165) is 0 Å². The number of rotatable bonds is 6. The van der Waals surface area contributed by atoms with E-state index in [1.54, 1.807) is 0 Å². The lowest BCUT2D eigenvalue weighted by atomic mass is 9.75.